The van der Waals surface area contributed by atoms with E-state index in [0.29, 0.717) is 11.6 Å². The van der Waals surface area contributed by atoms with Crippen LogP contribution >= 0.6 is 0 Å². The first-order chi connectivity index (χ1) is 15.2. The number of aromatic nitrogens is 1. The highest BCUT2D eigenvalue weighted by atomic mass is 19.4. The molecule has 1 N–H and O–H groups in total. The van der Waals surface area contributed by atoms with Gasteiger partial charge in [0.15, 0.2) is 6.10 Å². The number of amides is 2. The number of ether oxygens (including phenoxy) is 1. The summed E-state index contributed by atoms with van der Waals surface area (Å²) in [6, 6.07) is 4.13. The molecule has 6 nitrogen and oxygen atoms in total. The molecule has 1 aliphatic heterocycles. The number of alkyl halides is 3. The lowest BCUT2D eigenvalue weighted by Gasteiger charge is -2.33. The molecule has 3 rings (SSSR count). The molecule has 1 atom stereocenters. The Labute approximate surface area is 188 Å². The molecule has 0 radical (unpaired) electrons. The number of hydrogen-bond donors (Lipinski definition) is 1. The number of carbonyl (C=O) groups excluding carboxylic acids is 2. The van der Waals surface area contributed by atoms with Gasteiger partial charge in [-0.25, -0.2) is 4.39 Å². The van der Waals surface area contributed by atoms with E-state index in [1.165, 1.54) is 11.8 Å². The highest BCUT2D eigenvalue weighted by molar-refractivity contribution is 6.00. The number of rotatable bonds is 4. The molecular formula is C23H25F4N3O3. The topological polar surface area (TPSA) is 71.5 Å². The first kappa shape index (κ1) is 24.5. The fourth-order valence-electron chi connectivity index (χ4n) is 3.44. The average Bonchev–Trinajstić information content (AvgIpc) is 2.64. The van der Waals surface area contributed by atoms with Crippen molar-refractivity contribution in [3.63, 3.8) is 0 Å². The molecule has 0 unspecified atom stereocenters. The Morgan fingerprint density at radius 3 is 2.45 bits per heavy atom. The Kier molecular flexibility index (Phi) is 6.41. The van der Waals surface area contributed by atoms with Crippen molar-refractivity contribution in [2.45, 2.75) is 59.9 Å². The van der Waals surface area contributed by atoms with E-state index in [0.717, 1.165) is 12.1 Å². The minimum Gasteiger partial charge on any atom is -0.463 e. The van der Waals surface area contributed by atoms with Crippen LogP contribution in [0.3, 0.4) is 0 Å². The molecular weight excluding hydrogens is 442 g/mol. The fourth-order valence-corrected chi connectivity index (χ4v) is 3.44. The molecule has 0 fully saturated rings. The highest BCUT2D eigenvalue weighted by Crippen LogP contribution is 2.37. The van der Waals surface area contributed by atoms with Gasteiger partial charge < -0.3 is 10.1 Å². The second kappa shape index (κ2) is 8.64. The lowest BCUT2D eigenvalue weighted by atomic mass is 9.92. The van der Waals surface area contributed by atoms with Gasteiger partial charge in [0.25, 0.3) is 5.91 Å². The number of aryl methyl sites for hydroxylation is 1. The summed E-state index contributed by atoms with van der Waals surface area (Å²) in [5.41, 5.74) is -0.581. The van der Waals surface area contributed by atoms with Gasteiger partial charge in [0.1, 0.15) is 17.3 Å². The number of halogens is 4. The van der Waals surface area contributed by atoms with Gasteiger partial charge in [0, 0.05) is 6.42 Å². The van der Waals surface area contributed by atoms with Crippen LogP contribution in [0.1, 0.15) is 50.8 Å². The van der Waals surface area contributed by atoms with Gasteiger partial charge in [-0.1, -0.05) is 26.8 Å². The van der Waals surface area contributed by atoms with Crippen LogP contribution < -0.4 is 15.0 Å². The Morgan fingerprint density at radius 2 is 1.88 bits per heavy atom. The monoisotopic (exact) mass is 467 g/mol. The Bertz CT molecular complexity index is 1090. The maximum Gasteiger partial charge on any atom is 0.419 e. The van der Waals surface area contributed by atoms with Gasteiger partial charge in [-0.15, -0.1) is 0 Å². The number of pyridine rings is 1. The Hall–Kier alpha value is -3.17. The molecule has 0 bridgehead atoms. The average molecular weight is 467 g/mol. The standard InChI is InChI=1S/C23H25F4N3O3/c1-12-8-17-20(29-19(12)28-18(31)10-22(3,4)5)33-13(2)21(32)30(17)11-14-6-7-15(16(24)9-14)23(25,26)27/h6-9,13H,10-11H2,1-5H3,(H,28,29,31)/t13-/m1/s1. The van der Waals surface area contributed by atoms with Crippen LogP contribution in [0.2, 0.25) is 0 Å². The van der Waals surface area contributed by atoms with Crippen molar-refractivity contribution < 1.29 is 31.9 Å². The third-order valence-electron chi connectivity index (χ3n) is 4.98. The Morgan fingerprint density at radius 1 is 1.21 bits per heavy atom. The molecule has 0 spiro atoms. The van der Waals surface area contributed by atoms with Crippen molar-refractivity contribution in [1.82, 2.24) is 4.98 Å². The summed E-state index contributed by atoms with van der Waals surface area (Å²) >= 11 is 0. The second-order valence-electron chi connectivity index (χ2n) is 9.26. The van der Waals surface area contributed by atoms with Gasteiger partial charge in [0.05, 0.1) is 12.1 Å². The van der Waals surface area contributed by atoms with Crippen molar-refractivity contribution in [2.75, 3.05) is 10.2 Å². The van der Waals surface area contributed by atoms with Crippen molar-refractivity contribution in [1.29, 1.82) is 0 Å². The molecule has 2 heterocycles. The summed E-state index contributed by atoms with van der Waals surface area (Å²) in [6.45, 7) is 8.81. The molecule has 0 saturated heterocycles. The largest absolute Gasteiger partial charge is 0.463 e. The third-order valence-corrected chi connectivity index (χ3v) is 4.98. The summed E-state index contributed by atoms with van der Waals surface area (Å²) in [7, 11) is 0. The van der Waals surface area contributed by atoms with Gasteiger partial charge in [0.2, 0.25) is 11.8 Å². The lowest BCUT2D eigenvalue weighted by molar-refractivity contribution is -0.140. The zero-order valence-electron chi connectivity index (χ0n) is 18.9. The van der Waals surface area contributed by atoms with E-state index >= 15 is 0 Å². The van der Waals surface area contributed by atoms with E-state index in [1.54, 1.807) is 13.0 Å². The fraction of sp³-hybridized carbons (Fsp3) is 0.435. The quantitative estimate of drug-likeness (QED) is 0.625. The summed E-state index contributed by atoms with van der Waals surface area (Å²) in [4.78, 5) is 30.7. The van der Waals surface area contributed by atoms with E-state index in [1.807, 2.05) is 20.8 Å². The molecule has 2 amide bonds. The molecule has 1 aromatic heterocycles. The van der Waals surface area contributed by atoms with Crippen molar-refractivity contribution >= 4 is 23.3 Å². The van der Waals surface area contributed by atoms with E-state index in [4.69, 9.17) is 4.74 Å². The molecule has 2 aromatic rings. The minimum absolute atomic E-state index is 0.0890. The number of carbonyl (C=O) groups is 2. The van der Waals surface area contributed by atoms with Crippen LogP contribution in [0.5, 0.6) is 5.88 Å². The van der Waals surface area contributed by atoms with E-state index in [9.17, 15) is 27.2 Å². The third kappa shape index (κ3) is 5.61. The van der Waals surface area contributed by atoms with Crippen LogP contribution in [-0.2, 0) is 22.3 Å². The smallest absolute Gasteiger partial charge is 0.419 e. The second-order valence-corrected chi connectivity index (χ2v) is 9.26. The summed E-state index contributed by atoms with van der Waals surface area (Å²) in [5, 5.41) is 2.75. The minimum atomic E-state index is -4.81. The molecule has 1 aromatic carbocycles. The van der Waals surface area contributed by atoms with Crippen LogP contribution in [0.25, 0.3) is 0 Å². The summed E-state index contributed by atoms with van der Waals surface area (Å²) in [6.07, 6.45) is -5.47. The van der Waals surface area contributed by atoms with Crippen molar-refractivity contribution in [3.05, 3.63) is 46.8 Å². The van der Waals surface area contributed by atoms with Crippen LogP contribution in [0.4, 0.5) is 29.1 Å². The van der Waals surface area contributed by atoms with Gasteiger partial charge in [-0.05, 0) is 48.6 Å². The number of hydrogen-bond acceptors (Lipinski definition) is 4. The maximum atomic E-state index is 14.0. The van der Waals surface area contributed by atoms with Gasteiger partial charge in [-0.2, -0.15) is 18.2 Å². The van der Waals surface area contributed by atoms with Crippen molar-refractivity contribution in [3.8, 4) is 5.88 Å². The number of anilines is 2. The molecule has 0 aliphatic carbocycles. The van der Waals surface area contributed by atoms with Gasteiger partial charge >= 0.3 is 6.18 Å². The number of nitrogens with zero attached hydrogens (tertiary/aromatic N) is 2. The molecule has 10 heteroatoms. The lowest BCUT2D eigenvalue weighted by Crippen LogP contribution is -2.44. The van der Waals surface area contributed by atoms with E-state index in [2.05, 4.69) is 10.3 Å². The molecule has 178 valence electrons. The molecule has 1 aliphatic rings. The zero-order chi connectivity index (χ0) is 24.7. The zero-order valence-corrected chi connectivity index (χ0v) is 18.9. The van der Waals surface area contributed by atoms with Crippen LogP contribution in [-0.4, -0.2) is 22.9 Å². The maximum absolute atomic E-state index is 14.0. The van der Waals surface area contributed by atoms with Crippen LogP contribution in [0.15, 0.2) is 24.3 Å². The first-order valence-electron chi connectivity index (χ1n) is 10.3. The van der Waals surface area contributed by atoms with Crippen molar-refractivity contribution in [2.24, 2.45) is 5.41 Å². The molecule has 0 saturated carbocycles. The van der Waals surface area contributed by atoms with E-state index in [-0.39, 0.29) is 47.2 Å². The SMILES string of the molecule is Cc1cc2c(nc1NC(=O)CC(C)(C)C)O[C@H](C)C(=O)N2Cc1ccc(C(F)(F)F)c(F)c1. The number of benzene rings is 1. The summed E-state index contributed by atoms with van der Waals surface area (Å²) < 4.78 is 58.2. The predicted octanol–water partition coefficient (Wildman–Crippen LogP) is 5.24. The molecule has 33 heavy (non-hydrogen) atoms. The van der Waals surface area contributed by atoms with Crippen LogP contribution in [0, 0.1) is 18.2 Å². The Balaban J connectivity index is 1.91. The number of nitrogens with one attached hydrogen (secondary N) is 1. The van der Waals surface area contributed by atoms with Gasteiger partial charge in [-0.3, -0.25) is 14.5 Å². The van der Waals surface area contributed by atoms with E-state index < -0.39 is 29.6 Å². The summed E-state index contributed by atoms with van der Waals surface area (Å²) in [5.74, 6) is -1.72. The first-order valence-corrected chi connectivity index (χ1v) is 10.3. The normalized spacial score (nSPS) is 16.3. The predicted molar refractivity (Wildman–Crippen MR) is 114 cm³/mol. The highest BCUT2D eigenvalue weighted by Gasteiger charge is 2.36. The number of fused-ring (bicyclic) bond motifs is 1.